The van der Waals surface area contributed by atoms with E-state index in [0.29, 0.717) is 25.0 Å². The van der Waals surface area contributed by atoms with Gasteiger partial charge in [0.1, 0.15) is 17.4 Å². The van der Waals surface area contributed by atoms with E-state index in [2.05, 4.69) is 20.5 Å². The molecule has 1 saturated carbocycles. The average molecular weight is 584 g/mol. The lowest BCUT2D eigenvalue weighted by molar-refractivity contribution is -0.182. The first kappa shape index (κ1) is 29.3. The topological polar surface area (TPSA) is 126 Å². The van der Waals surface area contributed by atoms with Crippen molar-refractivity contribution in [1.29, 1.82) is 0 Å². The number of nitrogens with one attached hydrogen (secondary N) is 3. The van der Waals surface area contributed by atoms with E-state index in [1.807, 2.05) is 18.6 Å². The summed E-state index contributed by atoms with van der Waals surface area (Å²) in [6.07, 6.45) is -2.73. The second kappa shape index (κ2) is 11.8. The first-order valence-corrected chi connectivity index (χ1v) is 14.1. The number of carbonyl (C=O) groups is 1. The molecule has 0 aliphatic heterocycles. The fourth-order valence-electron chi connectivity index (χ4n) is 4.41. The van der Waals surface area contributed by atoms with Gasteiger partial charge in [0.05, 0.1) is 30.0 Å². The van der Waals surface area contributed by atoms with E-state index in [1.54, 1.807) is 6.07 Å². The molecule has 1 aromatic carbocycles. The van der Waals surface area contributed by atoms with Crippen LogP contribution >= 0.6 is 0 Å². The molecule has 14 heteroatoms. The lowest BCUT2D eigenvalue weighted by Gasteiger charge is -2.31. The lowest BCUT2D eigenvalue weighted by atomic mass is 9.85. The zero-order chi connectivity index (χ0) is 29.1. The maximum Gasteiger partial charge on any atom is 0.391 e. The Morgan fingerprint density at radius 1 is 1.18 bits per heavy atom. The Kier molecular flexibility index (Phi) is 8.66. The number of anilines is 1. The molecule has 1 amide bonds. The SMILES string of the molecule is CC(C)COc1cc(F)cc(-c2ccc(C(=O)NS(=O)(=O)c3ccn[nH]3)c(NC3CCCC(C(F)(F)F)C3)n2)c1. The van der Waals surface area contributed by atoms with Crippen LogP contribution in [-0.2, 0) is 10.0 Å². The number of pyridine rings is 1. The standard InChI is InChI=1S/C26H29F4N5O4S/c1-15(2)14-39-20-11-16(10-18(27)13-20)22-7-6-21(25(36)35-40(37,38)23-8-9-31-34-23)24(33-22)32-19-5-3-4-17(12-19)26(28,29)30/h6-11,13,15,17,19H,3-5,12,14H2,1-2H3,(H,31,34)(H,32,33)(H,35,36). The number of carbonyl (C=O) groups excluding carboxylic acids is 1. The lowest BCUT2D eigenvalue weighted by Crippen LogP contribution is -2.36. The van der Waals surface area contributed by atoms with Gasteiger partial charge in [0.25, 0.3) is 15.9 Å². The van der Waals surface area contributed by atoms with E-state index >= 15 is 0 Å². The Balaban J connectivity index is 1.69. The van der Waals surface area contributed by atoms with Crippen LogP contribution in [0, 0.1) is 17.7 Å². The highest BCUT2D eigenvalue weighted by atomic mass is 32.2. The summed E-state index contributed by atoms with van der Waals surface area (Å²) in [4.78, 5) is 17.5. The summed E-state index contributed by atoms with van der Waals surface area (Å²) in [6.45, 7) is 4.21. The summed E-state index contributed by atoms with van der Waals surface area (Å²) >= 11 is 0. The number of hydrogen-bond acceptors (Lipinski definition) is 7. The third-order valence-electron chi connectivity index (χ3n) is 6.36. The van der Waals surface area contributed by atoms with Gasteiger partial charge in [0, 0.05) is 17.7 Å². The van der Waals surface area contributed by atoms with Crippen LogP contribution in [0.3, 0.4) is 0 Å². The van der Waals surface area contributed by atoms with Crippen LogP contribution in [-0.4, -0.2) is 48.3 Å². The van der Waals surface area contributed by atoms with Crippen LogP contribution in [0.5, 0.6) is 5.75 Å². The van der Waals surface area contributed by atoms with E-state index in [1.165, 1.54) is 30.5 Å². The molecule has 3 aromatic rings. The summed E-state index contributed by atoms with van der Waals surface area (Å²) in [7, 11) is -4.32. The van der Waals surface area contributed by atoms with Crippen LogP contribution < -0.4 is 14.8 Å². The number of sulfonamides is 1. The van der Waals surface area contributed by atoms with Crippen molar-refractivity contribution in [2.45, 2.75) is 56.8 Å². The molecular weight excluding hydrogens is 554 g/mol. The van der Waals surface area contributed by atoms with Crippen molar-refractivity contribution >= 4 is 21.7 Å². The summed E-state index contributed by atoms with van der Waals surface area (Å²) in [5.74, 6) is -2.86. The maximum absolute atomic E-state index is 14.4. The molecule has 0 radical (unpaired) electrons. The van der Waals surface area contributed by atoms with E-state index in [0.717, 1.165) is 6.07 Å². The minimum Gasteiger partial charge on any atom is -0.493 e. The molecule has 2 unspecified atom stereocenters. The van der Waals surface area contributed by atoms with Crippen LogP contribution in [0.1, 0.15) is 49.9 Å². The molecule has 2 aromatic heterocycles. The number of ether oxygens (including phenoxy) is 1. The Morgan fingerprint density at radius 2 is 1.95 bits per heavy atom. The van der Waals surface area contributed by atoms with Crippen molar-refractivity contribution in [2.24, 2.45) is 11.8 Å². The number of rotatable bonds is 9. The molecule has 9 nitrogen and oxygen atoms in total. The molecule has 1 aliphatic rings. The highest BCUT2D eigenvalue weighted by Crippen LogP contribution is 2.38. The fraction of sp³-hybridized carbons (Fsp3) is 0.423. The highest BCUT2D eigenvalue weighted by molar-refractivity contribution is 7.90. The number of H-pyrrole nitrogens is 1. The van der Waals surface area contributed by atoms with Gasteiger partial charge in [-0.25, -0.2) is 14.1 Å². The smallest absolute Gasteiger partial charge is 0.391 e. The molecule has 0 spiro atoms. The molecule has 1 fully saturated rings. The van der Waals surface area contributed by atoms with Gasteiger partial charge in [-0.2, -0.15) is 26.7 Å². The second-order valence-corrected chi connectivity index (χ2v) is 11.7. The normalized spacial score (nSPS) is 18.0. The monoisotopic (exact) mass is 583 g/mol. The molecular formula is C26H29F4N5O4S. The van der Waals surface area contributed by atoms with Gasteiger partial charge in [-0.05, 0) is 55.5 Å². The van der Waals surface area contributed by atoms with Gasteiger partial charge in [-0.15, -0.1) is 0 Å². The third-order valence-corrected chi connectivity index (χ3v) is 7.62. The third kappa shape index (κ3) is 7.29. The number of halogens is 4. The first-order valence-electron chi connectivity index (χ1n) is 12.7. The highest BCUT2D eigenvalue weighted by Gasteiger charge is 2.42. The minimum absolute atomic E-state index is 0.00658. The Morgan fingerprint density at radius 3 is 2.62 bits per heavy atom. The number of alkyl halides is 3. The molecule has 216 valence electrons. The number of nitrogens with zero attached hydrogens (tertiary/aromatic N) is 2. The molecule has 1 aliphatic carbocycles. The van der Waals surface area contributed by atoms with Crippen molar-refractivity contribution in [3.05, 3.63) is 54.0 Å². The zero-order valence-corrected chi connectivity index (χ0v) is 22.6. The summed E-state index contributed by atoms with van der Waals surface area (Å²) < 4.78 is 87.4. The minimum atomic E-state index is -4.37. The molecule has 3 N–H and O–H groups in total. The number of aromatic nitrogens is 3. The number of benzene rings is 1. The molecule has 40 heavy (non-hydrogen) atoms. The van der Waals surface area contributed by atoms with Crippen molar-refractivity contribution < 1.29 is 35.5 Å². The average Bonchev–Trinajstić information content (AvgIpc) is 3.43. The van der Waals surface area contributed by atoms with Crippen molar-refractivity contribution in [3.8, 4) is 17.0 Å². The Hall–Kier alpha value is -3.68. The van der Waals surface area contributed by atoms with E-state index in [4.69, 9.17) is 4.74 Å². The van der Waals surface area contributed by atoms with E-state index in [9.17, 15) is 30.8 Å². The maximum atomic E-state index is 14.4. The quantitative estimate of drug-likeness (QED) is 0.292. The van der Waals surface area contributed by atoms with Gasteiger partial charge >= 0.3 is 6.18 Å². The number of hydrogen-bond donors (Lipinski definition) is 3. The summed E-state index contributed by atoms with van der Waals surface area (Å²) in [5, 5.41) is 8.38. The molecule has 4 rings (SSSR count). The van der Waals surface area contributed by atoms with Crippen LogP contribution in [0.15, 0.2) is 47.6 Å². The zero-order valence-electron chi connectivity index (χ0n) is 21.8. The number of aromatic amines is 1. The Bertz CT molecular complexity index is 1450. The van der Waals surface area contributed by atoms with Crippen molar-refractivity contribution in [1.82, 2.24) is 19.9 Å². The molecule has 0 saturated heterocycles. The summed E-state index contributed by atoms with van der Waals surface area (Å²) in [5.41, 5.74) is 0.289. The van der Waals surface area contributed by atoms with Gasteiger partial charge in [0.15, 0.2) is 5.03 Å². The van der Waals surface area contributed by atoms with Crippen LogP contribution in [0.25, 0.3) is 11.3 Å². The molecule has 2 heterocycles. The van der Waals surface area contributed by atoms with Crippen LogP contribution in [0.2, 0.25) is 0 Å². The largest absolute Gasteiger partial charge is 0.493 e. The van der Waals surface area contributed by atoms with E-state index in [-0.39, 0.29) is 46.6 Å². The second-order valence-electron chi connectivity index (χ2n) is 10.1. The van der Waals surface area contributed by atoms with Crippen molar-refractivity contribution in [2.75, 3.05) is 11.9 Å². The summed E-state index contributed by atoms with van der Waals surface area (Å²) in [6, 6.07) is 7.12. The molecule has 2 atom stereocenters. The van der Waals surface area contributed by atoms with Crippen LogP contribution in [0.4, 0.5) is 23.4 Å². The predicted molar refractivity (Wildman–Crippen MR) is 139 cm³/mol. The fourth-order valence-corrected chi connectivity index (χ4v) is 5.28. The predicted octanol–water partition coefficient (Wildman–Crippen LogP) is 5.30. The van der Waals surface area contributed by atoms with Gasteiger partial charge in [0.2, 0.25) is 0 Å². The Labute approximate surface area is 228 Å². The van der Waals surface area contributed by atoms with E-state index < -0.39 is 39.9 Å². The van der Waals surface area contributed by atoms with Gasteiger partial charge in [-0.3, -0.25) is 9.89 Å². The number of amides is 1. The van der Waals surface area contributed by atoms with Gasteiger partial charge < -0.3 is 10.1 Å². The first-order chi connectivity index (χ1) is 18.8. The van der Waals surface area contributed by atoms with Gasteiger partial charge in [-0.1, -0.05) is 20.3 Å². The van der Waals surface area contributed by atoms with Crippen molar-refractivity contribution in [3.63, 3.8) is 0 Å². The molecule has 0 bridgehead atoms.